The molecule has 0 unspecified atom stereocenters. The van der Waals surface area contributed by atoms with Crippen LogP contribution in [-0.2, 0) is 14.3 Å². The molecule has 0 radical (unpaired) electrons. The van der Waals surface area contributed by atoms with Crippen molar-refractivity contribution >= 4 is 45.2 Å². The zero-order valence-electron chi connectivity index (χ0n) is 14.0. The fourth-order valence-electron chi connectivity index (χ4n) is 2.22. The monoisotopic (exact) mass is 368 g/mol. The van der Waals surface area contributed by atoms with Gasteiger partial charge in [-0.05, 0) is 30.3 Å². The van der Waals surface area contributed by atoms with E-state index in [0.717, 1.165) is 10.2 Å². The van der Waals surface area contributed by atoms with Crippen LogP contribution in [0.25, 0.3) is 16.3 Å². The Kier molecular flexibility index (Phi) is 5.60. The third-order valence-corrected chi connectivity index (χ3v) is 4.40. The van der Waals surface area contributed by atoms with E-state index in [4.69, 9.17) is 9.47 Å². The summed E-state index contributed by atoms with van der Waals surface area (Å²) in [5, 5.41) is 3.33. The summed E-state index contributed by atoms with van der Waals surface area (Å²) in [6.07, 6.45) is 2.83. The highest BCUT2D eigenvalue weighted by Gasteiger charge is 2.09. The highest BCUT2D eigenvalue weighted by atomic mass is 32.1. The van der Waals surface area contributed by atoms with Crippen LogP contribution in [0.1, 0.15) is 5.01 Å². The molecule has 3 aromatic rings. The molecule has 0 aliphatic carbocycles. The summed E-state index contributed by atoms with van der Waals surface area (Å²) in [4.78, 5) is 28.1. The molecule has 1 N–H and O–H groups in total. The lowest BCUT2D eigenvalue weighted by molar-refractivity contribution is -0.142. The number of methoxy groups -OCH3 is 1. The Morgan fingerprint density at radius 1 is 1.15 bits per heavy atom. The van der Waals surface area contributed by atoms with Gasteiger partial charge in [0.25, 0.3) is 5.91 Å². The smallest absolute Gasteiger partial charge is 0.331 e. The van der Waals surface area contributed by atoms with Crippen molar-refractivity contribution in [3.05, 3.63) is 59.6 Å². The topological polar surface area (TPSA) is 77.5 Å². The summed E-state index contributed by atoms with van der Waals surface area (Å²) < 4.78 is 11.1. The van der Waals surface area contributed by atoms with Crippen LogP contribution in [0.4, 0.5) is 5.69 Å². The van der Waals surface area contributed by atoms with Crippen molar-refractivity contribution in [1.82, 2.24) is 4.98 Å². The Hall–Kier alpha value is -3.19. The van der Waals surface area contributed by atoms with Crippen LogP contribution >= 0.6 is 11.3 Å². The number of carbonyl (C=O) groups excluding carboxylic acids is 2. The Morgan fingerprint density at radius 3 is 2.73 bits per heavy atom. The second-order valence-electron chi connectivity index (χ2n) is 5.21. The molecule has 0 saturated heterocycles. The quantitative estimate of drug-likeness (QED) is 0.532. The molecule has 6 nitrogen and oxygen atoms in total. The second-order valence-corrected chi connectivity index (χ2v) is 6.27. The van der Waals surface area contributed by atoms with Gasteiger partial charge in [0, 0.05) is 6.08 Å². The van der Waals surface area contributed by atoms with E-state index in [1.165, 1.54) is 24.5 Å². The predicted octanol–water partition coefficient (Wildman–Crippen LogP) is 3.50. The normalized spacial score (nSPS) is 10.8. The van der Waals surface area contributed by atoms with Gasteiger partial charge in [0.05, 0.1) is 23.0 Å². The number of nitrogens with one attached hydrogen (secondary N) is 1. The van der Waals surface area contributed by atoms with Crippen LogP contribution in [-0.4, -0.2) is 30.6 Å². The number of ether oxygens (including phenoxy) is 2. The van der Waals surface area contributed by atoms with Crippen molar-refractivity contribution in [3.8, 4) is 5.75 Å². The van der Waals surface area contributed by atoms with Gasteiger partial charge in [-0.1, -0.05) is 24.3 Å². The molecule has 0 saturated carbocycles. The van der Waals surface area contributed by atoms with Crippen LogP contribution in [0.5, 0.6) is 5.75 Å². The van der Waals surface area contributed by atoms with Crippen molar-refractivity contribution < 1.29 is 19.1 Å². The Morgan fingerprint density at radius 2 is 1.92 bits per heavy atom. The number of nitrogens with zero attached hydrogens (tertiary/aromatic N) is 1. The van der Waals surface area contributed by atoms with E-state index in [-0.39, 0.29) is 6.61 Å². The van der Waals surface area contributed by atoms with Crippen LogP contribution in [0.2, 0.25) is 0 Å². The maximum Gasteiger partial charge on any atom is 0.331 e. The van der Waals surface area contributed by atoms with Crippen LogP contribution in [0.15, 0.2) is 54.6 Å². The van der Waals surface area contributed by atoms with Crippen molar-refractivity contribution in [2.24, 2.45) is 0 Å². The van der Waals surface area contributed by atoms with Crippen LogP contribution in [0.3, 0.4) is 0 Å². The molecular weight excluding hydrogens is 352 g/mol. The van der Waals surface area contributed by atoms with Gasteiger partial charge < -0.3 is 14.8 Å². The van der Waals surface area contributed by atoms with Gasteiger partial charge in [-0.2, -0.15) is 0 Å². The number of thiazole rings is 1. The minimum absolute atomic E-state index is 0.388. The summed E-state index contributed by atoms with van der Waals surface area (Å²) in [5.74, 6) is -0.529. The van der Waals surface area contributed by atoms with E-state index in [1.54, 1.807) is 30.3 Å². The van der Waals surface area contributed by atoms with Crippen molar-refractivity contribution in [2.75, 3.05) is 19.0 Å². The minimum Gasteiger partial charge on any atom is -0.495 e. The van der Waals surface area contributed by atoms with Crippen molar-refractivity contribution in [2.45, 2.75) is 0 Å². The number of aromatic nitrogens is 1. The van der Waals surface area contributed by atoms with Gasteiger partial charge in [0.15, 0.2) is 6.61 Å². The molecule has 132 valence electrons. The number of carbonyl (C=O) groups is 2. The number of esters is 1. The molecule has 1 aromatic heterocycles. The molecule has 0 spiro atoms. The average Bonchev–Trinajstić information content (AvgIpc) is 3.08. The molecular formula is C19H16N2O4S. The number of anilines is 1. The molecule has 2 aromatic carbocycles. The Balaban J connectivity index is 1.52. The molecule has 3 rings (SSSR count). The van der Waals surface area contributed by atoms with Crippen LogP contribution in [0, 0.1) is 0 Å². The molecule has 0 aliphatic heterocycles. The number of hydrogen-bond donors (Lipinski definition) is 1. The van der Waals surface area contributed by atoms with Gasteiger partial charge >= 0.3 is 5.97 Å². The summed E-state index contributed by atoms with van der Waals surface area (Å²) >= 11 is 1.47. The largest absolute Gasteiger partial charge is 0.495 e. The SMILES string of the molecule is COc1ccccc1NC(=O)COC(=O)/C=C/c1nc2ccccc2s1. The number of hydrogen-bond acceptors (Lipinski definition) is 6. The van der Waals surface area contributed by atoms with Crippen LogP contribution < -0.4 is 10.1 Å². The van der Waals surface area contributed by atoms with Gasteiger partial charge in [0.2, 0.25) is 0 Å². The van der Waals surface area contributed by atoms with Crippen molar-refractivity contribution in [1.29, 1.82) is 0 Å². The minimum atomic E-state index is -0.612. The van der Waals surface area contributed by atoms with E-state index < -0.39 is 11.9 Å². The van der Waals surface area contributed by atoms with Gasteiger partial charge in [-0.3, -0.25) is 4.79 Å². The summed E-state index contributed by atoms with van der Waals surface area (Å²) in [7, 11) is 1.51. The number of benzene rings is 2. The highest BCUT2D eigenvalue weighted by Crippen LogP contribution is 2.23. The first-order valence-electron chi connectivity index (χ1n) is 7.79. The number of rotatable bonds is 6. The lowest BCUT2D eigenvalue weighted by Crippen LogP contribution is -2.20. The maximum absolute atomic E-state index is 11.9. The maximum atomic E-state index is 11.9. The molecule has 0 atom stereocenters. The standard InChI is InChI=1S/C19H16N2O4S/c1-24-15-8-4-2-6-13(15)20-17(22)12-25-19(23)11-10-18-21-14-7-3-5-9-16(14)26-18/h2-11H,12H2,1H3,(H,20,22)/b11-10+. The molecule has 0 aliphatic rings. The van der Waals surface area contributed by atoms with E-state index in [0.29, 0.717) is 16.4 Å². The van der Waals surface area contributed by atoms with Gasteiger partial charge in [-0.15, -0.1) is 11.3 Å². The lowest BCUT2D eigenvalue weighted by Gasteiger charge is -2.09. The lowest BCUT2D eigenvalue weighted by atomic mass is 10.3. The Labute approximate surface area is 154 Å². The summed E-state index contributed by atoms with van der Waals surface area (Å²) in [5.41, 5.74) is 1.39. The molecule has 1 heterocycles. The first kappa shape index (κ1) is 17.6. The molecule has 26 heavy (non-hydrogen) atoms. The zero-order valence-corrected chi connectivity index (χ0v) is 14.8. The fraction of sp³-hybridized carbons (Fsp3) is 0.105. The van der Waals surface area contributed by atoms with E-state index in [2.05, 4.69) is 10.3 Å². The Bertz CT molecular complexity index is 932. The molecule has 7 heteroatoms. The third-order valence-electron chi connectivity index (χ3n) is 3.40. The zero-order chi connectivity index (χ0) is 18.4. The predicted molar refractivity (Wildman–Crippen MR) is 101 cm³/mol. The van der Waals surface area contributed by atoms with E-state index in [9.17, 15) is 9.59 Å². The highest BCUT2D eigenvalue weighted by molar-refractivity contribution is 7.19. The number of para-hydroxylation sites is 3. The van der Waals surface area contributed by atoms with E-state index in [1.807, 2.05) is 24.3 Å². The third kappa shape index (κ3) is 4.46. The van der Waals surface area contributed by atoms with E-state index >= 15 is 0 Å². The first-order chi connectivity index (χ1) is 12.7. The molecule has 1 amide bonds. The van der Waals surface area contributed by atoms with Gasteiger partial charge in [-0.25, -0.2) is 9.78 Å². The second kappa shape index (κ2) is 8.26. The molecule has 0 bridgehead atoms. The molecule has 0 fully saturated rings. The first-order valence-corrected chi connectivity index (χ1v) is 8.60. The van der Waals surface area contributed by atoms with Crippen molar-refractivity contribution in [3.63, 3.8) is 0 Å². The number of fused-ring (bicyclic) bond motifs is 1. The fourth-order valence-corrected chi connectivity index (χ4v) is 3.09. The average molecular weight is 368 g/mol. The summed E-state index contributed by atoms with van der Waals surface area (Å²) in [6, 6.07) is 14.7. The number of amides is 1. The summed E-state index contributed by atoms with van der Waals surface area (Å²) in [6.45, 7) is -0.388. The van der Waals surface area contributed by atoms with Gasteiger partial charge in [0.1, 0.15) is 10.8 Å².